The topological polar surface area (TPSA) is 20.3 Å². The van der Waals surface area contributed by atoms with Gasteiger partial charge in [0.25, 0.3) is 0 Å². The molecule has 0 aromatic carbocycles. The molecule has 2 nitrogen and oxygen atoms in total. The van der Waals surface area contributed by atoms with Gasteiger partial charge in [-0.15, -0.1) is 0 Å². The zero-order valence-electron chi connectivity index (χ0n) is 4.55. The molecule has 0 N–H and O–H groups in total. The van der Waals surface area contributed by atoms with Gasteiger partial charge >= 0.3 is 32.3 Å². The van der Waals surface area contributed by atoms with Gasteiger partial charge in [0, 0.05) is 14.1 Å². The van der Waals surface area contributed by atoms with Crippen LogP contribution in [-0.2, 0) is 28.5 Å². The van der Waals surface area contributed by atoms with Crippen LogP contribution in [0.25, 0.3) is 0 Å². The fraction of sp³-hybridized carbons (Fsp3) is 0.667. The molecular formula is C3H7CdNOS. The summed E-state index contributed by atoms with van der Waals surface area (Å²) >= 11 is 0.733. The zero-order chi connectivity index (χ0) is 6.28. The third-order valence-electron chi connectivity index (χ3n) is 0.211. The number of rotatable bonds is 1. The summed E-state index contributed by atoms with van der Waals surface area (Å²) in [4.78, 5) is 10.9. The van der Waals surface area contributed by atoms with Gasteiger partial charge in [0.1, 0.15) is 0 Å². The Bertz CT molecular complexity index is 50.2. The molecule has 7 heavy (non-hydrogen) atoms. The molecule has 0 aliphatic carbocycles. The van der Waals surface area contributed by atoms with Gasteiger partial charge in [-0.1, -0.05) is 0 Å². The van der Waals surface area contributed by atoms with Crippen LogP contribution in [0.1, 0.15) is 0 Å². The first-order valence-electron chi connectivity index (χ1n) is 1.68. The van der Waals surface area contributed by atoms with E-state index in [4.69, 9.17) is 0 Å². The van der Waals surface area contributed by atoms with Crippen molar-refractivity contribution in [1.82, 2.24) is 4.90 Å². The van der Waals surface area contributed by atoms with Gasteiger partial charge in [0.05, 0.1) is 0 Å². The van der Waals surface area contributed by atoms with E-state index in [9.17, 15) is 4.79 Å². The summed E-state index contributed by atoms with van der Waals surface area (Å²) in [5.41, 5.74) is 0. The van der Waals surface area contributed by atoms with Gasteiger partial charge in [-0.3, -0.25) is 4.79 Å². The molecule has 0 unspecified atom stereocenters. The Labute approximate surface area is 62.4 Å². The van der Waals surface area contributed by atoms with Crippen LogP contribution in [0.2, 0.25) is 0 Å². The number of hydrogen-bond acceptors (Lipinski definition) is 2. The van der Waals surface area contributed by atoms with E-state index in [0.29, 0.717) is 0 Å². The summed E-state index contributed by atoms with van der Waals surface area (Å²) in [7, 11) is 7.63. The third kappa shape index (κ3) is 20.6. The van der Waals surface area contributed by atoms with E-state index < -0.39 is 0 Å². The van der Waals surface area contributed by atoms with Gasteiger partial charge in [0.15, 0.2) is 0 Å². The molecule has 0 rings (SSSR count). The van der Waals surface area contributed by atoms with Crippen LogP contribution in [0.5, 0.6) is 0 Å². The summed E-state index contributed by atoms with van der Waals surface area (Å²) in [6.45, 7) is 0. The van der Waals surface area contributed by atoms with Crippen LogP contribution in [0, 0.1) is 0 Å². The Morgan fingerprint density at radius 3 is 1.71 bits per heavy atom. The molecule has 1 amide bonds. The Morgan fingerprint density at radius 2 is 1.71 bits per heavy atom. The van der Waals surface area contributed by atoms with Crippen molar-refractivity contribution in [2.45, 2.75) is 0 Å². The summed E-state index contributed by atoms with van der Waals surface area (Å²) in [6, 6.07) is 0. The second-order valence-corrected chi connectivity index (χ2v) is 1.07. The molecule has 0 bridgehead atoms. The van der Waals surface area contributed by atoms with Crippen molar-refractivity contribution < 1.29 is 28.5 Å². The molecule has 0 aromatic rings. The number of carbonyl (C=O) groups is 1. The van der Waals surface area contributed by atoms with Crippen molar-refractivity contribution in [3.8, 4) is 0 Å². The molecule has 0 saturated carbocycles. The van der Waals surface area contributed by atoms with Gasteiger partial charge in [-0.25, -0.2) is 0 Å². The van der Waals surface area contributed by atoms with Crippen molar-refractivity contribution >= 4 is 15.1 Å². The Morgan fingerprint density at radius 1 is 1.57 bits per heavy atom. The van der Waals surface area contributed by atoms with Gasteiger partial charge < -0.3 is 4.90 Å². The standard InChI is InChI=1S/C3H7NO.Cd.S/c1-4(2)3-5;;/h3H,1-2H3;;. The fourth-order valence-electron chi connectivity index (χ4n) is 0. The second-order valence-electron chi connectivity index (χ2n) is 1.07. The van der Waals surface area contributed by atoms with Crippen LogP contribution in [0.3, 0.4) is 0 Å². The van der Waals surface area contributed by atoms with Crippen molar-refractivity contribution in [1.29, 1.82) is 0 Å². The normalized spacial score (nSPS) is 5.71. The van der Waals surface area contributed by atoms with E-state index in [1.54, 1.807) is 14.1 Å². The third-order valence-corrected chi connectivity index (χ3v) is 0.211. The second kappa shape index (κ2) is 9.79. The quantitative estimate of drug-likeness (QED) is 0.467. The molecule has 0 aromatic heterocycles. The Balaban J connectivity index is 0. The van der Waals surface area contributed by atoms with E-state index in [1.807, 2.05) is 0 Å². The average Bonchev–Trinajstić information content (AvgIpc) is 1.73. The van der Waals surface area contributed by atoms with Crippen molar-refractivity contribution in [2.24, 2.45) is 0 Å². The first-order chi connectivity index (χ1) is 3.27. The molecule has 0 saturated heterocycles. The number of amides is 1. The van der Waals surface area contributed by atoms with E-state index in [1.165, 1.54) is 4.90 Å². The average molecular weight is 218 g/mol. The fourth-order valence-corrected chi connectivity index (χ4v) is 0. The number of carbonyl (C=O) groups excluding carboxylic acids is 1. The monoisotopic (exact) mass is 219 g/mol. The van der Waals surface area contributed by atoms with Gasteiger partial charge in [-0.05, 0) is 0 Å². The van der Waals surface area contributed by atoms with Crippen LogP contribution in [0.4, 0.5) is 0 Å². The minimum atomic E-state index is 0.733. The number of hydrogen-bond donors (Lipinski definition) is 0. The van der Waals surface area contributed by atoms with Gasteiger partial charge in [0.2, 0.25) is 6.41 Å². The van der Waals surface area contributed by atoms with E-state index in [2.05, 4.69) is 8.65 Å². The van der Waals surface area contributed by atoms with Crippen molar-refractivity contribution in [3.63, 3.8) is 0 Å². The predicted molar refractivity (Wildman–Crippen MR) is 27.3 cm³/mol. The zero-order valence-corrected chi connectivity index (χ0v) is 9.40. The maximum atomic E-state index is 9.43. The van der Waals surface area contributed by atoms with E-state index in [-0.39, 0.29) is 0 Å². The molecule has 0 spiro atoms. The van der Waals surface area contributed by atoms with Crippen LogP contribution in [0.15, 0.2) is 0 Å². The first kappa shape index (κ1) is 10.6. The van der Waals surface area contributed by atoms with E-state index in [0.717, 1.165) is 30.1 Å². The number of nitrogens with zero attached hydrogens (tertiary/aromatic N) is 1. The van der Waals surface area contributed by atoms with Crippen molar-refractivity contribution in [3.05, 3.63) is 0 Å². The maximum absolute atomic E-state index is 9.43. The van der Waals surface area contributed by atoms with Crippen LogP contribution < -0.4 is 0 Å². The molecule has 4 heteroatoms. The minimum absolute atomic E-state index is 0.733. The molecule has 0 fully saturated rings. The Hall–Kier alpha value is 0.612. The molecule has 0 radical (unpaired) electrons. The summed E-state index contributed by atoms with van der Waals surface area (Å²) in [6.07, 6.45) is 0.750. The molecule has 0 aliphatic heterocycles. The van der Waals surface area contributed by atoms with Crippen LogP contribution >= 0.6 is 8.65 Å². The SMILES string of the molecule is CN(C)C=O.[S]=[Cd]. The van der Waals surface area contributed by atoms with Crippen molar-refractivity contribution in [2.75, 3.05) is 14.1 Å². The summed E-state index contributed by atoms with van der Waals surface area (Å²) in [5, 5.41) is 0. The van der Waals surface area contributed by atoms with E-state index >= 15 is 0 Å². The molecular weight excluding hydrogens is 211 g/mol. The molecule has 0 aliphatic rings. The summed E-state index contributed by atoms with van der Waals surface area (Å²) < 4.78 is 0. The molecule has 38 valence electrons. The molecule has 0 atom stereocenters. The Kier molecular flexibility index (Phi) is 14.8. The van der Waals surface area contributed by atoms with Gasteiger partial charge in [-0.2, -0.15) is 0 Å². The molecule has 0 heterocycles. The van der Waals surface area contributed by atoms with Crippen LogP contribution in [-0.4, -0.2) is 25.4 Å². The predicted octanol–water partition coefficient (Wildman–Crippen LogP) is 0.350. The summed E-state index contributed by atoms with van der Waals surface area (Å²) in [5.74, 6) is 0. The first-order valence-corrected chi connectivity index (χ1v) is 7.20.